The van der Waals surface area contributed by atoms with Gasteiger partial charge in [0, 0.05) is 44.0 Å². The van der Waals surface area contributed by atoms with Crippen LogP contribution >= 0.6 is 15.9 Å². The molecule has 0 aromatic heterocycles. The van der Waals surface area contributed by atoms with E-state index in [9.17, 15) is 4.79 Å². The van der Waals surface area contributed by atoms with Crippen molar-refractivity contribution in [1.29, 1.82) is 0 Å². The molecule has 6 heteroatoms. The molecule has 1 amide bonds. The molecule has 4 rings (SSSR count). The van der Waals surface area contributed by atoms with Crippen LogP contribution in [0.5, 0.6) is 5.75 Å². The molecule has 2 aromatic carbocycles. The molecule has 0 aliphatic carbocycles. The summed E-state index contributed by atoms with van der Waals surface area (Å²) in [5.41, 5.74) is 1.90. The Hall–Kier alpha value is -2.05. The van der Waals surface area contributed by atoms with Crippen LogP contribution in [0.4, 0.5) is 5.69 Å². The Balaban J connectivity index is 1.34. The maximum Gasteiger partial charge on any atom is 0.254 e. The first kappa shape index (κ1) is 19.3. The smallest absolute Gasteiger partial charge is 0.254 e. The maximum absolute atomic E-state index is 12.9. The molecule has 2 aliphatic heterocycles. The van der Waals surface area contributed by atoms with E-state index in [4.69, 9.17) is 9.47 Å². The molecule has 28 heavy (non-hydrogen) atoms. The van der Waals surface area contributed by atoms with Crippen molar-refractivity contribution in [1.82, 2.24) is 4.90 Å². The van der Waals surface area contributed by atoms with E-state index in [1.807, 2.05) is 41.3 Å². The summed E-state index contributed by atoms with van der Waals surface area (Å²) in [5.74, 6) is 0.819. The zero-order valence-corrected chi connectivity index (χ0v) is 17.4. The number of para-hydroxylation sites is 1. The highest BCUT2D eigenvalue weighted by Crippen LogP contribution is 2.28. The summed E-state index contributed by atoms with van der Waals surface area (Å²) in [6.07, 6.45) is 2.32. The number of nitrogens with zero attached hydrogens (tertiary/aromatic N) is 2. The summed E-state index contributed by atoms with van der Waals surface area (Å²) in [6.45, 7) is 4.51. The van der Waals surface area contributed by atoms with Crippen LogP contribution in [0.1, 0.15) is 23.2 Å². The highest BCUT2D eigenvalue weighted by Gasteiger charge is 2.23. The Kier molecular flexibility index (Phi) is 6.17. The summed E-state index contributed by atoms with van der Waals surface area (Å²) in [7, 11) is 0. The van der Waals surface area contributed by atoms with Crippen LogP contribution in [0.3, 0.4) is 0 Å². The number of halogens is 1. The Morgan fingerprint density at radius 1 is 1.11 bits per heavy atom. The van der Waals surface area contributed by atoms with E-state index in [-0.39, 0.29) is 12.0 Å². The molecule has 0 spiro atoms. The van der Waals surface area contributed by atoms with Gasteiger partial charge in [-0.3, -0.25) is 4.79 Å². The Labute approximate surface area is 174 Å². The fraction of sp³-hybridized carbons (Fsp3) is 0.409. The van der Waals surface area contributed by atoms with Crippen LogP contribution in [0.2, 0.25) is 0 Å². The predicted molar refractivity (Wildman–Crippen MR) is 113 cm³/mol. The maximum atomic E-state index is 12.9. The van der Waals surface area contributed by atoms with Crippen molar-refractivity contribution in [3.05, 3.63) is 58.6 Å². The van der Waals surface area contributed by atoms with Crippen LogP contribution in [-0.4, -0.2) is 56.3 Å². The summed E-state index contributed by atoms with van der Waals surface area (Å²) in [6, 6.07) is 15.9. The quantitative estimate of drug-likeness (QED) is 0.699. The number of ether oxygens (including phenoxy) is 2. The minimum Gasteiger partial charge on any atom is -0.490 e. The van der Waals surface area contributed by atoms with E-state index in [2.05, 4.69) is 33.0 Å². The number of hydrogen-bond donors (Lipinski definition) is 0. The van der Waals surface area contributed by atoms with Crippen molar-refractivity contribution >= 4 is 27.5 Å². The third kappa shape index (κ3) is 4.50. The van der Waals surface area contributed by atoms with Gasteiger partial charge in [0.15, 0.2) is 0 Å². The van der Waals surface area contributed by atoms with E-state index in [0.29, 0.717) is 12.2 Å². The van der Waals surface area contributed by atoms with Gasteiger partial charge in [0.2, 0.25) is 0 Å². The highest BCUT2D eigenvalue weighted by molar-refractivity contribution is 9.10. The molecular weight excluding hydrogens is 420 g/mol. The van der Waals surface area contributed by atoms with E-state index >= 15 is 0 Å². The summed E-state index contributed by atoms with van der Waals surface area (Å²) < 4.78 is 12.3. The lowest BCUT2D eigenvalue weighted by Gasteiger charge is -2.36. The molecule has 2 aromatic rings. The van der Waals surface area contributed by atoms with Crippen LogP contribution in [0.15, 0.2) is 53.0 Å². The summed E-state index contributed by atoms with van der Waals surface area (Å²) >= 11 is 3.54. The first-order chi connectivity index (χ1) is 13.7. The van der Waals surface area contributed by atoms with Crippen molar-refractivity contribution in [3.8, 4) is 5.75 Å². The first-order valence-corrected chi connectivity index (χ1v) is 10.6. The number of benzene rings is 2. The number of hydrogen-bond acceptors (Lipinski definition) is 4. The number of anilines is 1. The standard InChI is InChI=1S/C22H25BrN2O3/c23-20-15-17(8-9-21(20)28-16-19-7-4-14-27-19)22(26)25-12-10-24(11-13-25)18-5-2-1-3-6-18/h1-3,5-6,8-9,15,19H,4,7,10-14,16H2/t19-/m0/s1. The Morgan fingerprint density at radius 2 is 1.89 bits per heavy atom. The molecule has 0 unspecified atom stereocenters. The number of carbonyl (C=O) groups excluding carboxylic acids is 1. The third-order valence-electron chi connectivity index (χ3n) is 5.32. The van der Waals surface area contributed by atoms with Crippen molar-refractivity contribution in [2.45, 2.75) is 18.9 Å². The van der Waals surface area contributed by atoms with Gasteiger partial charge >= 0.3 is 0 Å². The van der Waals surface area contributed by atoms with E-state index in [1.165, 1.54) is 5.69 Å². The van der Waals surface area contributed by atoms with Gasteiger partial charge in [-0.1, -0.05) is 18.2 Å². The van der Waals surface area contributed by atoms with Gasteiger partial charge in [0.05, 0.1) is 10.6 Å². The zero-order valence-electron chi connectivity index (χ0n) is 15.9. The Bertz CT molecular complexity index is 801. The lowest BCUT2D eigenvalue weighted by Crippen LogP contribution is -2.48. The minimum atomic E-state index is 0.0686. The molecule has 5 nitrogen and oxygen atoms in total. The van der Waals surface area contributed by atoms with Gasteiger partial charge in [-0.2, -0.15) is 0 Å². The average molecular weight is 445 g/mol. The molecule has 2 heterocycles. The number of rotatable bonds is 5. The predicted octanol–water partition coefficient (Wildman–Crippen LogP) is 3.97. The topological polar surface area (TPSA) is 42.0 Å². The summed E-state index contributed by atoms with van der Waals surface area (Å²) in [5, 5.41) is 0. The van der Waals surface area contributed by atoms with Crippen LogP contribution in [0, 0.1) is 0 Å². The van der Waals surface area contributed by atoms with Crippen LogP contribution < -0.4 is 9.64 Å². The van der Waals surface area contributed by atoms with Gasteiger partial charge in [0.1, 0.15) is 12.4 Å². The number of carbonyl (C=O) groups is 1. The molecule has 0 saturated carbocycles. The van der Waals surface area contributed by atoms with E-state index in [1.54, 1.807) is 0 Å². The largest absolute Gasteiger partial charge is 0.490 e. The molecule has 2 aliphatic rings. The highest BCUT2D eigenvalue weighted by atomic mass is 79.9. The molecule has 148 valence electrons. The average Bonchev–Trinajstić information content (AvgIpc) is 3.27. The van der Waals surface area contributed by atoms with Crippen molar-refractivity contribution < 1.29 is 14.3 Å². The molecule has 0 N–H and O–H groups in total. The zero-order chi connectivity index (χ0) is 19.3. The lowest BCUT2D eigenvalue weighted by molar-refractivity contribution is 0.0676. The normalized spacial score (nSPS) is 19.7. The fourth-order valence-corrected chi connectivity index (χ4v) is 4.19. The van der Waals surface area contributed by atoms with Crippen LogP contribution in [0.25, 0.3) is 0 Å². The monoisotopic (exact) mass is 444 g/mol. The van der Waals surface area contributed by atoms with Crippen LogP contribution in [-0.2, 0) is 4.74 Å². The number of piperazine rings is 1. The molecule has 2 fully saturated rings. The van der Waals surface area contributed by atoms with E-state index < -0.39 is 0 Å². The molecule has 0 bridgehead atoms. The van der Waals surface area contributed by atoms with Gasteiger partial charge in [0.25, 0.3) is 5.91 Å². The molecular formula is C22H25BrN2O3. The van der Waals surface area contributed by atoms with Crippen molar-refractivity contribution in [3.63, 3.8) is 0 Å². The fourth-order valence-electron chi connectivity index (χ4n) is 3.70. The second-order valence-electron chi connectivity index (χ2n) is 7.21. The van der Waals surface area contributed by atoms with Gasteiger partial charge in [-0.25, -0.2) is 0 Å². The minimum absolute atomic E-state index is 0.0686. The van der Waals surface area contributed by atoms with Crippen molar-refractivity contribution in [2.24, 2.45) is 0 Å². The number of amides is 1. The van der Waals surface area contributed by atoms with Gasteiger partial charge < -0.3 is 19.3 Å². The molecule has 0 radical (unpaired) electrons. The summed E-state index contributed by atoms with van der Waals surface area (Å²) in [4.78, 5) is 17.1. The second-order valence-corrected chi connectivity index (χ2v) is 8.06. The first-order valence-electron chi connectivity index (χ1n) is 9.84. The SMILES string of the molecule is O=C(c1ccc(OC[C@@H]2CCCO2)c(Br)c1)N1CCN(c2ccccc2)CC1. The molecule has 2 saturated heterocycles. The molecule has 1 atom stereocenters. The third-order valence-corrected chi connectivity index (χ3v) is 5.94. The lowest BCUT2D eigenvalue weighted by atomic mass is 10.1. The Morgan fingerprint density at radius 3 is 2.57 bits per heavy atom. The van der Waals surface area contributed by atoms with Gasteiger partial charge in [-0.15, -0.1) is 0 Å². The van der Waals surface area contributed by atoms with E-state index in [0.717, 1.165) is 55.8 Å². The van der Waals surface area contributed by atoms with Gasteiger partial charge in [-0.05, 0) is 59.1 Å². The van der Waals surface area contributed by atoms with Crippen molar-refractivity contribution in [2.75, 3.05) is 44.3 Å². The second kappa shape index (κ2) is 8.97.